The van der Waals surface area contributed by atoms with Crippen molar-refractivity contribution in [1.29, 1.82) is 0 Å². The van der Waals surface area contributed by atoms with Crippen molar-refractivity contribution in [2.75, 3.05) is 0 Å². The first-order valence-corrected chi connectivity index (χ1v) is 4.75. The van der Waals surface area contributed by atoms with Crippen molar-refractivity contribution in [1.82, 2.24) is 9.78 Å². The minimum absolute atomic E-state index is 0.485. The van der Waals surface area contributed by atoms with E-state index in [1.54, 1.807) is 16.8 Å². The van der Waals surface area contributed by atoms with Crippen LogP contribution in [0.25, 0.3) is 10.9 Å². The van der Waals surface area contributed by atoms with E-state index >= 15 is 0 Å². The smallest absolute Gasteiger partial charge is 0.158 e. The molecule has 0 fully saturated rings. The van der Waals surface area contributed by atoms with Gasteiger partial charge in [-0.3, -0.25) is 9.48 Å². The SMILES string of the molecule is CCn1nc(Cl)c2ccc(C=O)cc21. The van der Waals surface area contributed by atoms with Gasteiger partial charge in [0.15, 0.2) is 5.15 Å². The summed E-state index contributed by atoms with van der Waals surface area (Å²) >= 11 is 5.93. The van der Waals surface area contributed by atoms with Gasteiger partial charge in [-0.1, -0.05) is 17.7 Å². The van der Waals surface area contributed by atoms with Crippen LogP contribution in [0.3, 0.4) is 0 Å². The summed E-state index contributed by atoms with van der Waals surface area (Å²) in [4.78, 5) is 10.6. The molecule has 3 nitrogen and oxygen atoms in total. The Bertz CT molecular complexity index is 490. The van der Waals surface area contributed by atoms with Gasteiger partial charge in [-0.05, 0) is 19.1 Å². The predicted octanol–water partition coefficient (Wildman–Crippen LogP) is 2.52. The lowest BCUT2D eigenvalue weighted by molar-refractivity contribution is 0.112. The Hall–Kier alpha value is -1.35. The van der Waals surface area contributed by atoms with E-state index in [1.165, 1.54) is 0 Å². The van der Waals surface area contributed by atoms with Gasteiger partial charge in [0.2, 0.25) is 0 Å². The second-order valence-corrected chi connectivity index (χ2v) is 3.36. The van der Waals surface area contributed by atoms with Crippen molar-refractivity contribution in [3.8, 4) is 0 Å². The zero-order valence-corrected chi connectivity index (χ0v) is 8.45. The number of aldehydes is 1. The highest BCUT2D eigenvalue weighted by Gasteiger charge is 2.07. The Morgan fingerprint density at radius 2 is 2.36 bits per heavy atom. The fourth-order valence-corrected chi connectivity index (χ4v) is 1.72. The van der Waals surface area contributed by atoms with E-state index in [1.807, 2.05) is 13.0 Å². The van der Waals surface area contributed by atoms with E-state index in [-0.39, 0.29) is 0 Å². The first kappa shape index (κ1) is 9.21. The fourth-order valence-electron chi connectivity index (χ4n) is 1.46. The number of rotatable bonds is 2. The molecule has 0 atom stereocenters. The molecule has 72 valence electrons. The maximum atomic E-state index is 10.6. The average Bonchev–Trinajstić information content (AvgIpc) is 2.55. The first-order chi connectivity index (χ1) is 6.76. The minimum Gasteiger partial charge on any atom is -0.298 e. The molecule has 14 heavy (non-hydrogen) atoms. The molecule has 0 aliphatic heterocycles. The van der Waals surface area contributed by atoms with Crippen LogP contribution in [0.4, 0.5) is 0 Å². The predicted molar refractivity (Wildman–Crippen MR) is 55.8 cm³/mol. The molecule has 0 aliphatic carbocycles. The molecule has 0 saturated heterocycles. The molecular weight excluding hydrogens is 200 g/mol. The van der Waals surface area contributed by atoms with E-state index in [0.29, 0.717) is 10.7 Å². The summed E-state index contributed by atoms with van der Waals surface area (Å²) in [5.74, 6) is 0. The Kier molecular flexibility index (Phi) is 2.25. The van der Waals surface area contributed by atoms with Crippen LogP contribution >= 0.6 is 11.6 Å². The van der Waals surface area contributed by atoms with Crippen molar-refractivity contribution in [3.05, 3.63) is 28.9 Å². The molecule has 0 unspecified atom stereocenters. The highest BCUT2D eigenvalue weighted by Crippen LogP contribution is 2.23. The summed E-state index contributed by atoms with van der Waals surface area (Å²) in [6, 6.07) is 5.36. The van der Waals surface area contributed by atoms with Crippen molar-refractivity contribution in [2.45, 2.75) is 13.5 Å². The Morgan fingerprint density at radius 3 is 3.00 bits per heavy atom. The Morgan fingerprint density at radius 1 is 1.57 bits per heavy atom. The van der Waals surface area contributed by atoms with Crippen LogP contribution in [0.15, 0.2) is 18.2 Å². The normalized spacial score (nSPS) is 10.7. The highest BCUT2D eigenvalue weighted by molar-refractivity contribution is 6.34. The van der Waals surface area contributed by atoms with Gasteiger partial charge in [-0.15, -0.1) is 0 Å². The number of fused-ring (bicyclic) bond motifs is 1. The van der Waals surface area contributed by atoms with Gasteiger partial charge >= 0.3 is 0 Å². The summed E-state index contributed by atoms with van der Waals surface area (Å²) in [5, 5.41) is 5.52. The van der Waals surface area contributed by atoms with Crippen LogP contribution in [0, 0.1) is 0 Å². The lowest BCUT2D eigenvalue weighted by Gasteiger charge is -1.97. The van der Waals surface area contributed by atoms with Gasteiger partial charge in [0.25, 0.3) is 0 Å². The third-order valence-corrected chi connectivity index (χ3v) is 2.45. The maximum absolute atomic E-state index is 10.6. The lowest BCUT2D eigenvalue weighted by atomic mass is 10.2. The molecule has 2 rings (SSSR count). The molecule has 0 spiro atoms. The number of hydrogen-bond acceptors (Lipinski definition) is 2. The number of carbonyl (C=O) groups is 1. The molecule has 1 aromatic heterocycles. The maximum Gasteiger partial charge on any atom is 0.158 e. The van der Waals surface area contributed by atoms with E-state index in [4.69, 9.17) is 11.6 Å². The number of hydrogen-bond donors (Lipinski definition) is 0. The number of aryl methyl sites for hydroxylation is 1. The second kappa shape index (κ2) is 3.42. The van der Waals surface area contributed by atoms with Gasteiger partial charge in [-0.25, -0.2) is 0 Å². The zero-order chi connectivity index (χ0) is 10.1. The lowest BCUT2D eigenvalue weighted by Crippen LogP contribution is -1.95. The number of benzene rings is 1. The monoisotopic (exact) mass is 208 g/mol. The standard InChI is InChI=1S/C10H9ClN2O/c1-2-13-9-5-7(6-14)3-4-8(9)10(11)12-13/h3-6H,2H2,1H3. The number of halogens is 1. The fraction of sp³-hybridized carbons (Fsp3) is 0.200. The van der Waals surface area contributed by atoms with Crippen LogP contribution in [0.2, 0.25) is 5.15 Å². The molecule has 0 amide bonds. The molecule has 4 heteroatoms. The van der Waals surface area contributed by atoms with Crippen molar-refractivity contribution < 1.29 is 4.79 Å². The molecule has 0 bridgehead atoms. The molecule has 2 aromatic rings. The molecular formula is C10H9ClN2O. The summed E-state index contributed by atoms with van der Waals surface area (Å²) in [7, 11) is 0. The molecule has 1 aromatic carbocycles. The minimum atomic E-state index is 0.485. The van der Waals surface area contributed by atoms with E-state index in [9.17, 15) is 4.79 Å². The zero-order valence-electron chi connectivity index (χ0n) is 7.70. The number of carbonyl (C=O) groups excluding carboxylic acids is 1. The van der Waals surface area contributed by atoms with Gasteiger partial charge in [0.05, 0.1) is 5.52 Å². The van der Waals surface area contributed by atoms with Gasteiger partial charge < -0.3 is 0 Å². The van der Waals surface area contributed by atoms with Crippen molar-refractivity contribution in [2.24, 2.45) is 0 Å². The quantitative estimate of drug-likeness (QED) is 0.711. The van der Waals surface area contributed by atoms with Gasteiger partial charge in [-0.2, -0.15) is 5.10 Å². The summed E-state index contributed by atoms with van der Waals surface area (Å²) in [6.45, 7) is 2.72. The third-order valence-electron chi connectivity index (χ3n) is 2.17. The van der Waals surface area contributed by atoms with Crippen molar-refractivity contribution in [3.63, 3.8) is 0 Å². The van der Waals surface area contributed by atoms with Crippen molar-refractivity contribution >= 4 is 28.8 Å². The average molecular weight is 209 g/mol. The Labute approximate surface area is 86.3 Å². The van der Waals surface area contributed by atoms with E-state index < -0.39 is 0 Å². The highest BCUT2D eigenvalue weighted by atomic mass is 35.5. The van der Waals surface area contributed by atoms with Crippen LogP contribution in [-0.4, -0.2) is 16.1 Å². The van der Waals surface area contributed by atoms with Crippen LogP contribution in [0.5, 0.6) is 0 Å². The molecule has 0 N–H and O–H groups in total. The van der Waals surface area contributed by atoms with Gasteiger partial charge in [0.1, 0.15) is 6.29 Å². The molecule has 0 aliphatic rings. The topological polar surface area (TPSA) is 34.9 Å². The van der Waals surface area contributed by atoms with Crippen LogP contribution in [-0.2, 0) is 6.54 Å². The second-order valence-electron chi connectivity index (χ2n) is 3.00. The number of aromatic nitrogens is 2. The van der Waals surface area contributed by atoms with E-state index in [0.717, 1.165) is 23.7 Å². The first-order valence-electron chi connectivity index (χ1n) is 4.37. The molecule has 0 saturated carbocycles. The summed E-state index contributed by atoms with van der Waals surface area (Å²) < 4.78 is 1.78. The molecule has 1 heterocycles. The van der Waals surface area contributed by atoms with Crippen LogP contribution < -0.4 is 0 Å². The largest absolute Gasteiger partial charge is 0.298 e. The van der Waals surface area contributed by atoms with E-state index in [2.05, 4.69) is 5.10 Å². The number of nitrogens with zero attached hydrogens (tertiary/aromatic N) is 2. The molecule has 0 radical (unpaired) electrons. The third kappa shape index (κ3) is 1.30. The van der Waals surface area contributed by atoms with Crippen LogP contribution in [0.1, 0.15) is 17.3 Å². The summed E-state index contributed by atoms with van der Waals surface area (Å²) in [6.07, 6.45) is 0.820. The Balaban J connectivity index is 2.77. The summed E-state index contributed by atoms with van der Waals surface area (Å²) in [5.41, 5.74) is 1.55. The van der Waals surface area contributed by atoms with Gasteiger partial charge in [0, 0.05) is 17.5 Å².